The lowest BCUT2D eigenvalue weighted by Crippen LogP contribution is -2.24. The smallest absolute Gasteiger partial charge is 0.222 e. The van der Waals surface area contributed by atoms with E-state index in [4.69, 9.17) is 4.74 Å². The zero-order chi connectivity index (χ0) is 19.6. The first-order chi connectivity index (χ1) is 13.7. The van der Waals surface area contributed by atoms with Crippen molar-refractivity contribution in [3.05, 3.63) is 95.8 Å². The minimum atomic E-state index is -0.282. The van der Waals surface area contributed by atoms with Crippen molar-refractivity contribution in [1.29, 1.82) is 0 Å². The molecule has 0 aliphatic carbocycles. The van der Waals surface area contributed by atoms with Crippen molar-refractivity contribution in [2.75, 3.05) is 11.9 Å². The van der Waals surface area contributed by atoms with Crippen molar-refractivity contribution >= 4 is 11.6 Å². The number of hydrogen-bond acceptors (Lipinski definition) is 3. The lowest BCUT2D eigenvalue weighted by atomic mass is 10.2. The van der Waals surface area contributed by atoms with Crippen LogP contribution in [0.5, 0.6) is 5.75 Å². The van der Waals surface area contributed by atoms with E-state index in [1.807, 2.05) is 54.6 Å². The first-order valence-electron chi connectivity index (χ1n) is 9.21. The van der Waals surface area contributed by atoms with Crippen LogP contribution >= 0.6 is 0 Å². The van der Waals surface area contributed by atoms with Gasteiger partial charge < -0.3 is 15.4 Å². The molecule has 3 rings (SSSR count). The van der Waals surface area contributed by atoms with Crippen LogP contribution in [0.2, 0.25) is 0 Å². The lowest BCUT2D eigenvalue weighted by molar-refractivity contribution is -0.121. The normalized spacial score (nSPS) is 10.3. The van der Waals surface area contributed by atoms with E-state index >= 15 is 0 Å². The van der Waals surface area contributed by atoms with Crippen LogP contribution in [0, 0.1) is 5.82 Å². The van der Waals surface area contributed by atoms with Gasteiger partial charge in [0.05, 0.1) is 0 Å². The Balaban J connectivity index is 1.35. The summed E-state index contributed by atoms with van der Waals surface area (Å²) >= 11 is 0. The first kappa shape index (κ1) is 19.4. The molecule has 0 unspecified atom stereocenters. The quantitative estimate of drug-likeness (QED) is 0.575. The highest BCUT2D eigenvalue weighted by Crippen LogP contribution is 2.17. The molecule has 0 aromatic heterocycles. The van der Waals surface area contributed by atoms with Crippen molar-refractivity contribution in [1.82, 2.24) is 5.32 Å². The van der Waals surface area contributed by atoms with Gasteiger partial charge >= 0.3 is 0 Å². The highest BCUT2D eigenvalue weighted by atomic mass is 19.1. The molecule has 3 aromatic carbocycles. The van der Waals surface area contributed by atoms with Crippen molar-refractivity contribution in [2.45, 2.75) is 19.6 Å². The number of carbonyl (C=O) groups is 1. The molecule has 3 aromatic rings. The van der Waals surface area contributed by atoms with Gasteiger partial charge in [-0.3, -0.25) is 4.79 Å². The predicted octanol–water partition coefficient (Wildman–Crippen LogP) is 4.52. The predicted molar refractivity (Wildman–Crippen MR) is 109 cm³/mol. The third-order valence-electron chi connectivity index (χ3n) is 4.19. The van der Waals surface area contributed by atoms with Crippen molar-refractivity contribution in [3.63, 3.8) is 0 Å². The summed E-state index contributed by atoms with van der Waals surface area (Å²) in [5, 5.41) is 6.04. The van der Waals surface area contributed by atoms with E-state index in [9.17, 15) is 9.18 Å². The van der Waals surface area contributed by atoms with Crippen LogP contribution in [-0.4, -0.2) is 12.5 Å². The summed E-state index contributed by atoms with van der Waals surface area (Å²) in [4.78, 5) is 11.9. The average Bonchev–Trinajstić information content (AvgIpc) is 2.73. The summed E-state index contributed by atoms with van der Waals surface area (Å²) in [6, 6.07) is 23.8. The lowest BCUT2D eigenvalue weighted by Gasteiger charge is -2.10. The third-order valence-corrected chi connectivity index (χ3v) is 4.19. The molecule has 0 atom stereocenters. The van der Waals surface area contributed by atoms with Gasteiger partial charge in [0, 0.05) is 25.2 Å². The fraction of sp³-hybridized carbons (Fsp3) is 0.174. The second-order valence-corrected chi connectivity index (χ2v) is 6.38. The average molecular weight is 378 g/mol. The Hall–Kier alpha value is -3.34. The van der Waals surface area contributed by atoms with Gasteiger partial charge in [0.25, 0.3) is 0 Å². The Labute approximate surface area is 164 Å². The maximum Gasteiger partial charge on any atom is 0.222 e. The van der Waals surface area contributed by atoms with Crippen molar-refractivity contribution < 1.29 is 13.9 Å². The summed E-state index contributed by atoms with van der Waals surface area (Å²) in [5.74, 6) is 0.460. The van der Waals surface area contributed by atoms with Crippen LogP contribution in [0.1, 0.15) is 17.5 Å². The largest absolute Gasteiger partial charge is 0.489 e. The molecule has 0 bridgehead atoms. The molecule has 0 heterocycles. The molecule has 144 valence electrons. The number of nitrogens with one attached hydrogen (secondary N) is 2. The number of halogens is 1. The topological polar surface area (TPSA) is 50.4 Å². The highest BCUT2D eigenvalue weighted by molar-refractivity contribution is 5.76. The fourth-order valence-corrected chi connectivity index (χ4v) is 2.62. The zero-order valence-electron chi connectivity index (χ0n) is 15.5. The molecule has 0 spiro atoms. The Kier molecular flexibility index (Phi) is 7.01. The number of rotatable bonds is 9. The molecule has 0 aliphatic rings. The molecule has 0 radical (unpaired) electrons. The maximum atomic E-state index is 12.9. The van der Waals surface area contributed by atoms with Crippen LogP contribution < -0.4 is 15.4 Å². The van der Waals surface area contributed by atoms with Crippen LogP contribution in [0.25, 0.3) is 0 Å². The van der Waals surface area contributed by atoms with Crippen LogP contribution in [0.4, 0.5) is 10.1 Å². The third kappa shape index (κ3) is 6.43. The number of hydrogen-bond donors (Lipinski definition) is 2. The molecule has 0 saturated heterocycles. The Bertz CT molecular complexity index is 865. The standard InChI is InChI=1S/C23H23FN2O2/c24-20-8-6-18(7-9-20)16-26-23(27)14-15-25-21-10-12-22(13-11-21)28-17-19-4-2-1-3-5-19/h1-13,25H,14-17H2,(H,26,27). The second kappa shape index (κ2) is 10.1. The van der Waals surface area contributed by atoms with Crippen LogP contribution in [0.3, 0.4) is 0 Å². The van der Waals surface area contributed by atoms with Crippen molar-refractivity contribution in [2.24, 2.45) is 0 Å². The SMILES string of the molecule is O=C(CCNc1ccc(OCc2ccccc2)cc1)NCc1ccc(F)cc1. The van der Waals surface area contributed by atoms with E-state index in [1.165, 1.54) is 12.1 Å². The Morgan fingerprint density at radius 2 is 1.57 bits per heavy atom. The number of ether oxygens (including phenoxy) is 1. The molecule has 5 heteroatoms. The Morgan fingerprint density at radius 1 is 0.857 bits per heavy atom. The molecular formula is C23H23FN2O2. The van der Waals surface area contributed by atoms with Gasteiger partial charge in [0.1, 0.15) is 18.2 Å². The molecule has 28 heavy (non-hydrogen) atoms. The van der Waals surface area contributed by atoms with Gasteiger partial charge in [-0.05, 0) is 47.5 Å². The second-order valence-electron chi connectivity index (χ2n) is 6.38. The molecule has 0 saturated carbocycles. The van der Waals surface area contributed by atoms with Gasteiger partial charge in [-0.1, -0.05) is 42.5 Å². The van der Waals surface area contributed by atoms with E-state index in [0.29, 0.717) is 26.1 Å². The summed E-state index contributed by atoms with van der Waals surface area (Å²) in [6.07, 6.45) is 0.355. The number of benzene rings is 3. The molecule has 2 N–H and O–H groups in total. The van der Waals surface area contributed by atoms with E-state index in [0.717, 1.165) is 22.6 Å². The van der Waals surface area contributed by atoms with Gasteiger partial charge in [0.15, 0.2) is 0 Å². The monoisotopic (exact) mass is 378 g/mol. The van der Waals surface area contributed by atoms with Crippen LogP contribution in [0.15, 0.2) is 78.9 Å². The summed E-state index contributed by atoms with van der Waals surface area (Å²) in [7, 11) is 0. The summed E-state index contributed by atoms with van der Waals surface area (Å²) in [5.41, 5.74) is 2.92. The van der Waals surface area contributed by atoms with Gasteiger partial charge in [-0.15, -0.1) is 0 Å². The van der Waals surface area contributed by atoms with Gasteiger partial charge in [0.2, 0.25) is 5.91 Å². The number of carbonyl (C=O) groups excluding carboxylic acids is 1. The maximum absolute atomic E-state index is 12.9. The van der Waals surface area contributed by atoms with E-state index in [2.05, 4.69) is 10.6 Å². The zero-order valence-corrected chi connectivity index (χ0v) is 15.5. The molecule has 0 aliphatic heterocycles. The highest BCUT2D eigenvalue weighted by Gasteiger charge is 2.02. The fourth-order valence-electron chi connectivity index (χ4n) is 2.62. The summed E-state index contributed by atoms with van der Waals surface area (Å²) < 4.78 is 18.6. The van der Waals surface area contributed by atoms with Gasteiger partial charge in [-0.2, -0.15) is 0 Å². The summed E-state index contributed by atoms with van der Waals surface area (Å²) in [6.45, 7) is 1.45. The van der Waals surface area contributed by atoms with E-state index < -0.39 is 0 Å². The molecule has 0 fully saturated rings. The number of anilines is 1. The molecule has 1 amide bonds. The number of amides is 1. The van der Waals surface area contributed by atoms with Gasteiger partial charge in [-0.25, -0.2) is 4.39 Å². The molecular weight excluding hydrogens is 355 g/mol. The van der Waals surface area contributed by atoms with Crippen LogP contribution in [-0.2, 0) is 17.9 Å². The van der Waals surface area contributed by atoms with E-state index in [1.54, 1.807) is 12.1 Å². The first-order valence-corrected chi connectivity index (χ1v) is 9.21. The minimum absolute atomic E-state index is 0.0559. The Morgan fingerprint density at radius 3 is 2.29 bits per heavy atom. The van der Waals surface area contributed by atoms with E-state index in [-0.39, 0.29) is 11.7 Å². The minimum Gasteiger partial charge on any atom is -0.489 e. The van der Waals surface area contributed by atoms with Crippen molar-refractivity contribution in [3.8, 4) is 5.75 Å². The molecule has 4 nitrogen and oxygen atoms in total.